The van der Waals surface area contributed by atoms with E-state index in [1.54, 1.807) is 20.8 Å². The van der Waals surface area contributed by atoms with Crippen molar-refractivity contribution < 1.29 is 32.6 Å². The number of carbonyl (C=O) groups excluding carboxylic acids is 1. The van der Waals surface area contributed by atoms with Crippen molar-refractivity contribution in [1.29, 1.82) is 0 Å². The molecule has 1 aromatic rings. The van der Waals surface area contributed by atoms with E-state index in [4.69, 9.17) is 4.74 Å². The van der Waals surface area contributed by atoms with Crippen LogP contribution in [0.2, 0.25) is 0 Å². The molecule has 0 aliphatic heterocycles. The Morgan fingerprint density at radius 3 is 1.92 bits per heavy atom. The number of aliphatic carboxylic acids is 1. The fourth-order valence-electron chi connectivity index (χ4n) is 2.08. The second-order valence-corrected chi connectivity index (χ2v) is 7.72. The summed E-state index contributed by atoms with van der Waals surface area (Å²) in [5, 5.41) is 9.29. The third-order valence-corrected chi connectivity index (χ3v) is 3.47. The summed E-state index contributed by atoms with van der Waals surface area (Å²) >= 11 is 0. The molecule has 0 radical (unpaired) electrons. The third-order valence-electron chi connectivity index (χ3n) is 3.47. The van der Waals surface area contributed by atoms with Crippen molar-refractivity contribution in [2.24, 2.45) is 5.41 Å². The largest absolute Gasteiger partial charge is 0.481 e. The van der Waals surface area contributed by atoms with Gasteiger partial charge in [0, 0.05) is 13.1 Å². The van der Waals surface area contributed by atoms with E-state index in [2.05, 4.69) is 0 Å². The Morgan fingerprint density at radius 2 is 1.54 bits per heavy atom. The molecule has 1 rings (SSSR count). The molecule has 0 unspecified atom stereocenters. The van der Waals surface area contributed by atoms with Gasteiger partial charge in [-0.3, -0.25) is 4.79 Å². The first-order valence-corrected chi connectivity index (χ1v) is 7.99. The molecule has 1 amide bonds. The van der Waals surface area contributed by atoms with Gasteiger partial charge in [0.25, 0.3) is 0 Å². The van der Waals surface area contributed by atoms with E-state index in [0.717, 1.165) is 12.1 Å². The SMILES string of the molecule is CC(C)(C)OC(=O)N(Cc1ccc(C(F)(F)F)cc1)CC(C)(C)C(=O)O. The predicted octanol–water partition coefficient (Wildman–Crippen LogP) is 4.55. The highest BCUT2D eigenvalue weighted by Gasteiger charge is 2.34. The number of carboxylic acid groups (broad SMARTS) is 1. The lowest BCUT2D eigenvalue weighted by Gasteiger charge is -2.32. The summed E-state index contributed by atoms with van der Waals surface area (Å²) in [6, 6.07) is 4.36. The van der Waals surface area contributed by atoms with Crippen molar-refractivity contribution in [2.75, 3.05) is 6.54 Å². The summed E-state index contributed by atoms with van der Waals surface area (Å²) in [6.45, 7) is 7.71. The third kappa shape index (κ3) is 6.57. The standard InChI is InChI=1S/C18H24F3NO4/c1-16(2,3)26-15(25)22(11-17(4,5)14(23)24)10-12-6-8-13(9-7-12)18(19,20)21/h6-9H,10-11H2,1-5H3,(H,23,24). The van der Waals surface area contributed by atoms with Gasteiger partial charge in [-0.25, -0.2) is 4.79 Å². The Balaban J connectivity index is 3.05. The number of alkyl halides is 3. The number of ether oxygens (including phenoxy) is 1. The molecule has 0 aliphatic carbocycles. The van der Waals surface area contributed by atoms with E-state index < -0.39 is 34.8 Å². The maximum Gasteiger partial charge on any atom is 0.416 e. The summed E-state index contributed by atoms with van der Waals surface area (Å²) in [7, 11) is 0. The Hall–Kier alpha value is -2.25. The first-order valence-electron chi connectivity index (χ1n) is 7.99. The lowest BCUT2D eigenvalue weighted by Crippen LogP contribution is -2.44. The molecule has 0 bridgehead atoms. The molecule has 0 fully saturated rings. The number of benzene rings is 1. The van der Waals surface area contributed by atoms with Gasteiger partial charge in [-0.05, 0) is 52.3 Å². The van der Waals surface area contributed by atoms with Crippen molar-refractivity contribution in [3.05, 3.63) is 35.4 Å². The molecule has 1 N–H and O–H groups in total. The summed E-state index contributed by atoms with van der Waals surface area (Å²) in [5.74, 6) is -1.10. The Bertz CT molecular complexity index is 646. The average Bonchev–Trinajstić information content (AvgIpc) is 2.44. The minimum atomic E-state index is -4.45. The van der Waals surface area contributed by atoms with E-state index in [-0.39, 0.29) is 13.1 Å². The maximum absolute atomic E-state index is 12.7. The molecular weight excluding hydrogens is 351 g/mol. The molecule has 1 aromatic carbocycles. The van der Waals surface area contributed by atoms with Crippen LogP contribution in [0.3, 0.4) is 0 Å². The number of halogens is 3. The quantitative estimate of drug-likeness (QED) is 0.820. The molecule has 0 saturated carbocycles. The first-order chi connectivity index (χ1) is 11.6. The van der Waals surface area contributed by atoms with Crippen molar-refractivity contribution in [1.82, 2.24) is 4.90 Å². The zero-order valence-electron chi connectivity index (χ0n) is 15.5. The van der Waals surface area contributed by atoms with Gasteiger partial charge in [-0.15, -0.1) is 0 Å². The van der Waals surface area contributed by atoms with Gasteiger partial charge in [0.1, 0.15) is 5.60 Å². The first kappa shape index (κ1) is 21.8. The molecule has 146 valence electrons. The smallest absolute Gasteiger partial charge is 0.416 e. The number of rotatable bonds is 5. The highest BCUT2D eigenvalue weighted by molar-refractivity contribution is 5.75. The molecule has 0 atom stereocenters. The van der Waals surface area contributed by atoms with E-state index in [0.29, 0.717) is 5.56 Å². The number of carbonyl (C=O) groups is 2. The fraction of sp³-hybridized carbons (Fsp3) is 0.556. The van der Waals surface area contributed by atoms with Crippen LogP contribution in [-0.4, -0.2) is 34.2 Å². The zero-order chi connectivity index (χ0) is 20.3. The average molecular weight is 375 g/mol. The van der Waals surface area contributed by atoms with E-state index in [1.807, 2.05) is 0 Å². The van der Waals surface area contributed by atoms with E-state index >= 15 is 0 Å². The van der Waals surface area contributed by atoms with Crippen molar-refractivity contribution in [3.63, 3.8) is 0 Å². The Kier molecular flexibility index (Phi) is 6.33. The van der Waals surface area contributed by atoms with Crippen LogP contribution in [0.25, 0.3) is 0 Å². The van der Waals surface area contributed by atoms with Gasteiger partial charge in [0.2, 0.25) is 0 Å². The molecule has 8 heteroatoms. The van der Waals surface area contributed by atoms with Crippen LogP contribution in [0.1, 0.15) is 45.7 Å². The van der Waals surface area contributed by atoms with Gasteiger partial charge in [-0.2, -0.15) is 13.2 Å². The summed E-state index contributed by atoms with van der Waals surface area (Å²) in [4.78, 5) is 25.0. The van der Waals surface area contributed by atoms with Gasteiger partial charge >= 0.3 is 18.2 Å². The Labute approximate surface area is 150 Å². The topological polar surface area (TPSA) is 66.8 Å². The second kappa shape index (κ2) is 7.55. The minimum Gasteiger partial charge on any atom is -0.481 e. The van der Waals surface area contributed by atoms with Crippen molar-refractivity contribution >= 4 is 12.1 Å². The maximum atomic E-state index is 12.7. The molecule has 0 aromatic heterocycles. The van der Waals surface area contributed by atoms with Crippen LogP contribution in [0.5, 0.6) is 0 Å². The number of hydrogen-bond donors (Lipinski definition) is 1. The predicted molar refractivity (Wildman–Crippen MR) is 89.5 cm³/mol. The van der Waals surface area contributed by atoms with E-state index in [9.17, 15) is 27.9 Å². The second-order valence-electron chi connectivity index (χ2n) is 7.72. The molecule has 0 heterocycles. The van der Waals surface area contributed by atoms with Crippen molar-refractivity contribution in [3.8, 4) is 0 Å². The van der Waals surface area contributed by atoms with Crippen LogP contribution >= 0.6 is 0 Å². The lowest BCUT2D eigenvalue weighted by molar-refractivity contribution is -0.147. The molecule has 0 saturated heterocycles. The lowest BCUT2D eigenvalue weighted by atomic mass is 9.93. The van der Waals surface area contributed by atoms with Crippen LogP contribution in [0, 0.1) is 5.41 Å². The minimum absolute atomic E-state index is 0.0657. The van der Waals surface area contributed by atoms with Crippen molar-refractivity contribution in [2.45, 2.75) is 52.9 Å². The van der Waals surface area contributed by atoms with Gasteiger partial charge in [0.05, 0.1) is 11.0 Å². The summed E-state index contributed by atoms with van der Waals surface area (Å²) in [5.41, 5.74) is -2.40. The molecule has 0 aliphatic rings. The van der Waals surface area contributed by atoms with Gasteiger partial charge in [-0.1, -0.05) is 12.1 Å². The van der Waals surface area contributed by atoms with E-state index in [1.165, 1.54) is 30.9 Å². The highest BCUT2D eigenvalue weighted by Crippen LogP contribution is 2.29. The number of hydrogen-bond acceptors (Lipinski definition) is 3. The number of amides is 1. The van der Waals surface area contributed by atoms with Crippen LogP contribution < -0.4 is 0 Å². The zero-order valence-corrected chi connectivity index (χ0v) is 15.5. The fourth-order valence-corrected chi connectivity index (χ4v) is 2.08. The highest BCUT2D eigenvalue weighted by atomic mass is 19.4. The normalized spacial score (nSPS) is 12.6. The van der Waals surface area contributed by atoms with Crippen LogP contribution in [0.15, 0.2) is 24.3 Å². The van der Waals surface area contributed by atoms with Crippen LogP contribution in [-0.2, 0) is 22.3 Å². The molecule has 5 nitrogen and oxygen atoms in total. The molecular formula is C18H24F3NO4. The monoisotopic (exact) mass is 375 g/mol. The number of nitrogens with zero attached hydrogens (tertiary/aromatic N) is 1. The molecule has 0 spiro atoms. The van der Waals surface area contributed by atoms with Gasteiger partial charge in [0.15, 0.2) is 0 Å². The summed E-state index contributed by atoms with van der Waals surface area (Å²) < 4.78 is 43.3. The van der Waals surface area contributed by atoms with Crippen LogP contribution in [0.4, 0.5) is 18.0 Å². The number of carboxylic acids is 1. The Morgan fingerprint density at radius 1 is 1.04 bits per heavy atom. The van der Waals surface area contributed by atoms with Gasteiger partial charge < -0.3 is 14.7 Å². The summed E-state index contributed by atoms with van der Waals surface area (Å²) in [6.07, 6.45) is -5.18. The molecule has 26 heavy (non-hydrogen) atoms.